The van der Waals surface area contributed by atoms with Gasteiger partial charge in [-0.15, -0.1) is 0 Å². The first-order chi connectivity index (χ1) is 11.6. The molecule has 0 fully saturated rings. The summed E-state index contributed by atoms with van der Waals surface area (Å²) in [5.74, 6) is -0.195. The minimum absolute atomic E-state index is 0.142. The fraction of sp³-hybridized carbons (Fsp3) is 0.167. The van der Waals surface area contributed by atoms with Gasteiger partial charge in [0.25, 0.3) is 5.56 Å². The first kappa shape index (κ1) is 15.9. The van der Waals surface area contributed by atoms with Crippen LogP contribution in [0.25, 0.3) is 10.9 Å². The van der Waals surface area contributed by atoms with E-state index in [0.717, 1.165) is 0 Å². The molecule has 1 amide bonds. The summed E-state index contributed by atoms with van der Waals surface area (Å²) in [6.07, 6.45) is 0.532. The molecule has 0 radical (unpaired) electrons. The van der Waals surface area contributed by atoms with Crippen molar-refractivity contribution in [2.24, 2.45) is 0 Å². The van der Waals surface area contributed by atoms with Crippen molar-refractivity contribution in [3.05, 3.63) is 70.5 Å². The quantitative estimate of drug-likeness (QED) is 0.802. The molecule has 0 aliphatic carbocycles. The molecule has 2 aromatic carbocycles. The highest BCUT2D eigenvalue weighted by molar-refractivity contribution is 5.90. The zero-order chi connectivity index (χ0) is 17.1. The standard InChI is InChI=1S/C18H16FN3O2/c1-2-16-21-15-6-4-3-5-14(15)18(24)22(16)11-17(23)20-13-9-7-12(19)8-10-13/h3-10H,2,11H2,1H3,(H,20,23). The van der Waals surface area contributed by atoms with Crippen LogP contribution in [0.15, 0.2) is 53.3 Å². The topological polar surface area (TPSA) is 64.0 Å². The van der Waals surface area contributed by atoms with Gasteiger partial charge in [0.2, 0.25) is 5.91 Å². The molecule has 1 N–H and O–H groups in total. The lowest BCUT2D eigenvalue weighted by Crippen LogP contribution is -2.31. The number of hydrogen-bond acceptors (Lipinski definition) is 3. The van der Waals surface area contributed by atoms with Crippen LogP contribution in [0.4, 0.5) is 10.1 Å². The van der Waals surface area contributed by atoms with Gasteiger partial charge in [0.05, 0.1) is 10.9 Å². The van der Waals surface area contributed by atoms with E-state index in [2.05, 4.69) is 10.3 Å². The zero-order valence-corrected chi connectivity index (χ0v) is 13.1. The fourth-order valence-corrected chi connectivity index (χ4v) is 2.52. The molecule has 0 spiro atoms. The molecule has 5 nitrogen and oxygen atoms in total. The molecule has 1 heterocycles. The average molecular weight is 325 g/mol. The summed E-state index contributed by atoms with van der Waals surface area (Å²) in [5.41, 5.74) is 0.850. The van der Waals surface area contributed by atoms with Crippen molar-refractivity contribution in [1.29, 1.82) is 0 Å². The van der Waals surface area contributed by atoms with Crippen LogP contribution in [0.3, 0.4) is 0 Å². The lowest BCUT2D eigenvalue weighted by Gasteiger charge is -2.12. The Hall–Kier alpha value is -3.02. The Labute approximate surface area is 137 Å². The number of nitrogens with zero attached hydrogens (tertiary/aromatic N) is 2. The summed E-state index contributed by atoms with van der Waals surface area (Å²) in [6, 6.07) is 12.5. The minimum atomic E-state index is -0.379. The number of hydrogen-bond donors (Lipinski definition) is 1. The van der Waals surface area contributed by atoms with Gasteiger partial charge in [0.1, 0.15) is 18.2 Å². The van der Waals surface area contributed by atoms with Crippen molar-refractivity contribution >= 4 is 22.5 Å². The predicted octanol–water partition coefficient (Wildman–Crippen LogP) is 2.74. The lowest BCUT2D eigenvalue weighted by atomic mass is 10.2. The number of rotatable bonds is 4. The van der Waals surface area contributed by atoms with E-state index in [-0.39, 0.29) is 23.8 Å². The summed E-state index contributed by atoms with van der Waals surface area (Å²) < 4.78 is 14.3. The predicted molar refractivity (Wildman–Crippen MR) is 90.4 cm³/mol. The molecule has 0 atom stereocenters. The number of anilines is 1. The highest BCUT2D eigenvalue weighted by Gasteiger charge is 2.13. The highest BCUT2D eigenvalue weighted by atomic mass is 19.1. The molecule has 24 heavy (non-hydrogen) atoms. The Bertz CT molecular complexity index is 949. The van der Waals surface area contributed by atoms with E-state index < -0.39 is 0 Å². The molecular weight excluding hydrogens is 309 g/mol. The maximum atomic E-state index is 12.9. The molecular formula is C18H16FN3O2. The van der Waals surface area contributed by atoms with Gasteiger partial charge in [0, 0.05) is 12.1 Å². The Morgan fingerprint density at radius 1 is 1.17 bits per heavy atom. The van der Waals surface area contributed by atoms with Gasteiger partial charge in [-0.2, -0.15) is 0 Å². The van der Waals surface area contributed by atoms with E-state index in [1.807, 2.05) is 13.0 Å². The molecule has 122 valence electrons. The number of fused-ring (bicyclic) bond motifs is 1. The number of carbonyl (C=O) groups excluding carboxylic acids is 1. The number of aryl methyl sites for hydroxylation is 1. The minimum Gasteiger partial charge on any atom is -0.325 e. The van der Waals surface area contributed by atoms with Crippen LogP contribution in [0.5, 0.6) is 0 Å². The molecule has 0 unspecified atom stereocenters. The Morgan fingerprint density at radius 3 is 2.58 bits per heavy atom. The van der Waals surface area contributed by atoms with Gasteiger partial charge in [-0.25, -0.2) is 9.37 Å². The van der Waals surface area contributed by atoms with Crippen LogP contribution in [0.2, 0.25) is 0 Å². The van der Waals surface area contributed by atoms with Crippen molar-refractivity contribution < 1.29 is 9.18 Å². The van der Waals surface area contributed by atoms with Crippen molar-refractivity contribution in [1.82, 2.24) is 9.55 Å². The third kappa shape index (κ3) is 3.17. The van der Waals surface area contributed by atoms with Gasteiger partial charge < -0.3 is 5.32 Å². The smallest absolute Gasteiger partial charge is 0.261 e. The third-order valence-corrected chi connectivity index (χ3v) is 3.69. The van der Waals surface area contributed by atoms with Crippen molar-refractivity contribution in [3.8, 4) is 0 Å². The summed E-state index contributed by atoms with van der Waals surface area (Å²) in [5, 5.41) is 3.13. The summed E-state index contributed by atoms with van der Waals surface area (Å²) in [6.45, 7) is 1.74. The van der Waals surface area contributed by atoms with E-state index in [1.165, 1.54) is 28.8 Å². The van der Waals surface area contributed by atoms with E-state index >= 15 is 0 Å². The van der Waals surface area contributed by atoms with Crippen LogP contribution in [-0.4, -0.2) is 15.5 Å². The normalized spacial score (nSPS) is 10.8. The molecule has 1 aromatic heterocycles. The monoisotopic (exact) mass is 325 g/mol. The zero-order valence-electron chi connectivity index (χ0n) is 13.1. The Balaban J connectivity index is 1.91. The maximum absolute atomic E-state index is 12.9. The van der Waals surface area contributed by atoms with Gasteiger partial charge in [0.15, 0.2) is 0 Å². The van der Waals surface area contributed by atoms with Gasteiger partial charge in [-0.1, -0.05) is 19.1 Å². The average Bonchev–Trinajstić information content (AvgIpc) is 2.59. The molecule has 0 bridgehead atoms. The van der Waals surface area contributed by atoms with Crippen LogP contribution in [0, 0.1) is 5.82 Å². The van der Waals surface area contributed by atoms with E-state index in [0.29, 0.717) is 28.8 Å². The second-order valence-corrected chi connectivity index (χ2v) is 5.35. The first-order valence-corrected chi connectivity index (χ1v) is 7.62. The maximum Gasteiger partial charge on any atom is 0.261 e. The second-order valence-electron chi connectivity index (χ2n) is 5.35. The van der Waals surface area contributed by atoms with E-state index in [1.54, 1.807) is 18.2 Å². The molecule has 6 heteroatoms. The van der Waals surface area contributed by atoms with Gasteiger partial charge in [-0.05, 0) is 36.4 Å². The number of carbonyl (C=O) groups is 1. The van der Waals surface area contributed by atoms with Crippen molar-refractivity contribution in [2.45, 2.75) is 19.9 Å². The first-order valence-electron chi connectivity index (χ1n) is 7.62. The SMILES string of the molecule is CCc1nc2ccccc2c(=O)n1CC(=O)Nc1ccc(F)cc1. The second kappa shape index (κ2) is 6.62. The van der Waals surface area contributed by atoms with Crippen LogP contribution in [-0.2, 0) is 17.8 Å². The van der Waals surface area contributed by atoms with Crippen LogP contribution >= 0.6 is 0 Å². The number of para-hydroxylation sites is 1. The van der Waals surface area contributed by atoms with Crippen molar-refractivity contribution in [2.75, 3.05) is 5.32 Å². The Kier molecular flexibility index (Phi) is 4.37. The van der Waals surface area contributed by atoms with Crippen molar-refractivity contribution in [3.63, 3.8) is 0 Å². The molecule has 3 rings (SSSR count). The van der Waals surface area contributed by atoms with Crippen LogP contribution < -0.4 is 10.9 Å². The van der Waals surface area contributed by atoms with E-state index in [4.69, 9.17) is 0 Å². The lowest BCUT2D eigenvalue weighted by molar-refractivity contribution is -0.116. The number of nitrogens with one attached hydrogen (secondary N) is 1. The number of benzene rings is 2. The summed E-state index contributed by atoms with van der Waals surface area (Å²) >= 11 is 0. The summed E-state index contributed by atoms with van der Waals surface area (Å²) in [7, 11) is 0. The van der Waals surface area contributed by atoms with Gasteiger partial charge in [-0.3, -0.25) is 14.2 Å². The number of amides is 1. The molecule has 0 saturated heterocycles. The number of halogens is 1. The fourth-order valence-electron chi connectivity index (χ4n) is 2.52. The Morgan fingerprint density at radius 2 is 1.88 bits per heavy atom. The molecule has 0 saturated carbocycles. The molecule has 0 aliphatic rings. The summed E-state index contributed by atoms with van der Waals surface area (Å²) in [4.78, 5) is 29.3. The van der Waals surface area contributed by atoms with Crippen LogP contribution in [0.1, 0.15) is 12.7 Å². The highest BCUT2D eigenvalue weighted by Crippen LogP contribution is 2.10. The molecule has 3 aromatic rings. The van der Waals surface area contributed by atoms with E-state index in [9.17, 15) is 14.0 Å². The number of aromatic nitrogens is 2. The van der Waals surface area contributed by atoms with Gasteiger partial charge >= 0.3 is 0 Å². The largest absolute Gasteiger partial charge is 0.325 e. The molecule has 0 aliphatic heterocycles. The third-order valence-electron chi connectivity index (χ3n) is 3.69.